The first-order valence-electron chi connectivity index (χ1n) is 6.93. The molecule has 0 heterocycles. The maximum Gasteiger partial charge on any atom is 0.335 e. The van der Waals surface area contributed by atoms with Gasteiger partial charge in [0.2, 0.25) is 0 Å². The second-order valence-electron chi connectivity index (χ2n) is 7.13. The van der Waals surface area contributed by atoms with E-state index in [2.05, 4.69) is 57.0 Å². The summed E-state index contributed by atoms with van der Waals surface area (Å²) in [5, 5.41) is 0. The SMILES string of the molecule is CCC[Si](C)(OC)OCN([Si](C)(C)C)[Si](C)(C)C. The Morgan fingerprint density at radius 3 is 1.61 bits per heavy atom. The van der Waals surface area contributed by atoms with Gasteiger partial charge >= 0.3 is 8.56 Å². The summed E-state index contributed by atoms with van der Waals surface area (Å²) >= 11 is 0. The monoisotopic (exact) mass is 307 g/mol. The van der Waals surface area contributed by atoms with Gasteiger partial charge < -0.3 is 13.1 Å². The fraction of sp³-hybridized carbons (Fsp3) is 1.00. The Kier molecular flexibility index (Phi) is 7.01. The number of hydrogen-bond donors (Lipinski definition) is 0. The zero-order valence-electron chi connectivity index (χ0n) is 13.9. The van der Waals surface area contributed by atoms with Crippen molar-refractivity contribution in [1.29, 1.82) is 0 Å². The van der Waals surface area contributed by atoms with Crippen LogP contribution in [0.4, 0.5) is 0 Å². The van der Waals surface area contributed by atoms with Crippen molar-refractivity contribution in [3.63, 3.8) is 0 Å². The molecule has 0 N–H and O–H groups in total. The molecule has 0 rings (SSSR count). The third-order valence-corrected chi connectivity index (χ3v) is 13.8. The Balaban J connectivity index is 4.72. The average molecular weight is 308 g/mol. The largest absolute Gasteiger partial charge is 0.398 e. The molecular formula is C12H33NO2Si3. The Morgan fingerprint density at radius 1 is 0.889 bits per heavy atom. The molecule has 18 heavy (non-hydrogen) atoms. The van der Waals surface area contributed by atoms with Crippen LogP contribution >= 0.6 is 0 Å². The van der Waals surface area contributed by atoms with E-state index in [4.69, 9.17) is 8.85 Å². The predicted molar refractivity (Wildman–Crippen MR) is 88.2 cm³/mol. The second-order valence-corrected chi connectivity index (χ2v) is 20.8. The van der Waals surface area contributed by atoms with Crippen molar-refractivity contribution in [3.05, 3.63) is 0 Å². The van der Waals surface area contributed by atoms with Gasteiger partial charge in [0.15, 0.2) is 0 Å². The minimum absolute atomic E-state index is 0.766. The molecule has 1 unspecified atom stereocenters. The van der Waals surface area contributed by atoms with Gasteiger partial charge in [-0.25, -0.2) is 0 Å². The van der Waals surface area contributed by atoms with Gasteiger partial charge in [-0.1, -0.05) is 52.6 Å². The Bertz CT molecular complexity index is 237. The third-order valence-electron chi connectivity index (χ3n) is 3.25. The molecule has 3 nitrogen and oxygen atoms in total. The minimum atomic E-state index is -1.94. The van der Waals surface area contributed by atoms with Crippen molar-refractivity contribution in [3.8, 4) is 0 Å². The molecule has 0 aliphatic carbocycles. The molecule has 0 bridgehead atoms. The van der Waals surface area contributed by atoms with Crippen molar-refractivity contribution >= 4 is 25.0 Å². The molecule has 0 aromatic carbocycles. The van der Waals surface area contributed by atoms with Gasteiger partial charge in [-0.2, -0.15) is 0 Å². The minimum Gasteiger partial charge on any atom is -0.398 e. The van der Waals surface area contributed by atoms with Crippen LogP contribution in [0.3, 0.4) is 0 Å². The lowest BCUT2D eigenvalue weighted by Crippen LogP contribution is -2.61. The Hall–Kier alpha value is 0.531. The molecule has 0 amide bonds. The van der Waals surface area contributed by atoms with Gasteiger partial charge in [-0.15, -0.1) is 0 Å². The topological polar surface area (TPSA) is 21.7 Å². The third kappa shape index (κ3) is 6.12. The van der Waals surface area contributed by atoms with Crippen LogP contribution in [-0.2, 0) is 8.85 Å². The summed E-state index contributed by atoms with van der Waals surface area (Å²) in [5.74, 6) is 0. The number of hydrogen-bond acceptors (Lipinski definition) is 3. The van der Waals surface area contributed by atoms with E-state index in [0.29, 0.717) is 0 Å². The van der Waals surface area contributed by atoms with Crippen LogP contribution in [0.2, 0.25) is 51.9 Å². The highest BCUT2D eigenvalue weighted by Gasteiger charge is 2.37. The summed E-state index contributed by atoms with van der Waals surface area (Å²) in [6.07, 6.45) is 1.14. The quantitative estimate of drug-likeness (QED) is 0.498. The molecular weight excluding hydrogens is 274 g/mol. The van der Waals surface area contributed by atoms with Gasteiger partial charge in [0.05, 0.1) is 6.73 Å². The van der Waals surface area contributed by atoms with Crippen molar-refractivity contribution < 1.29 is 8.85 Å². The van der Waals surface area contributed by atoms with Crippen LogP contribution in [0, 0.1) is 0 Å². The first-order valence-corrected chi connectivity index (χ1v) is 16.3. The van der Waals surface area contributed by atoms with E-state index < -0.39 is 25.0 Å². The zero-order chi connectivity index (χ0) is 14.6. The number of rotatable bonds is 8. The Labute approximate surface area is 117 Å². The normalized spacial score (nSPS) is 17.0. The molecule has 0 saturated carbocycles. The van der Waals surface area contributed by atoms with E-state index in [0.717, 1.165) is 19.2 Å². The standard InChI is InChI=1S/C12H33NO2Si3/c1-10-11-18(9,14-2)15-12-13(16(3,4)5)17(6,7)8/h10-12H2,1-9H3. The van der Waals surface area contributed by atoms with E-state index in [1.165, 1.54) is 0 Å². The molecule has 0 aromatic heterocycles. The molecule has 110 valence electrons. The van der Waals surface area contributed by atoms with Crippen LogP contribution in [0.25, 0.3) is 0 Å². The van der Waals surface area contributed by atoms with Crippen molar-refractivity contribution in [1.82, 2.24) is 4.23 Å². The highest BCUT2D eigenvalue weighted by atomic mass is 28.4. The molecule has 0 radical (unpaired) electrons. The molecule has 0 spiro atoms. The molecule has 0 saturated heterocycles. The first-order chi connectivity index (χ1) is 7.96. The van der Waals surface area contributed by atoms with Crippen LogP contribution in [0.15, 0.2) is 0 Å². The van der Waals surface area contributed by atoms with E-state index in [1.807, 2.05) is 0 Å². The smallest absolute Gasteiger partial charge is 0.335 e. The van der Waals surface area contributed by atoms with Crippen LogP contribution in [-0.4, -0.2) is 43.1 Å². The molecule has 0 aliphatic rings. The van der Waals surface area contributed by atoms with Crippen molar-refractivity contribution in [2.24, 2.45) is 0 Å². The van der Waals surface area contributed by atoms with E-state index in [9.17, 15) is 0 Å². The van der Waals surface area contributed by atoms with Crippen molar-refractivity contribution in [2.45, 2.75) is 65.2 Å². The highest BCUT2D eigenvalue weighted by Crippen LogP contribution is 2.22. The van der Waals surface area contributed by atoms with Gasteiger partial charge in [0.1, 0.15) is 16.5 Å². The average Bonchev–Trinajstić information content (AvgIpc) is 2.14. The fourth-order valence-electron chi connectivity index (χ4n) is 2.28. The maximum absolute atomic E-state index is 6.25. The molecule has 1 atom stereocenters. The highest BCUT2D eigenvalue weighted by molar-refractivity contribution is 6.89. The first kappa shape index (κ1) is 18.5. The lowest BCUT2D eigenvalue weighted by Gasteiger charge is -2.44. The number of nitrogens with zero attached hydrogens (tertiary/aromatic N) is 1. The summed E-state index contributed by atoms with van der Waals surface area (Å²) in [6.45, 7) is 19.6. The maximum atomic E-state index is 6.25. The molecule has 0 aliphatic heterocycles. The molecule has 6 heteroatoms. The lowest BCUT2D eigenvalue weighted by atomic mass is 10.6. The van der Waals surface area contributed by atoms with Gasteiger partial charge in [0, 0.05) is 7.11 Å². The van der Waals surface area contributed by atoms with Gasteiger partial charge in [-0.05, 0) is 12.6 Å². The van der Waals surface area contributed by atoms with E-state index >= 15 is 0 Å². The summed E-state index contributed by atoms with van der Waals surface area (Å²) in [6, 6.07) is 1.08. The van der Waals surface area contributed by atoms with Crippen molar-refractivity contribution in [2.75, 3.05) is 13.8 Å². The zero-order valence-corrected chi connectivity index (χ0v) is 16.9. The lowest BCUT2D eigenvalue weighted by molar-refractivity contribution is 0.166. The predicted octanol–water partition coefficient (Wildman–Crippen LogP) is 4.06. The summed E-state index contributed by atoms with van der Waals surface area (Å²) < 4.78 is 14.6. The van der Waals surface area contributed by atoms with Crippen LogP contribution < -0.4 is 0 Å². The van der Waals surface area contributed by atoms with Gasteiger partial charge in [0.25, 0.3) is 0 Å². The molecule has 0 aromatic rings. The summed E-state index contributed by atoms with van der Waals surface area (Å²) in [5.41, 5.74) is 0. The summed E-state index contributed by atoms with van der Waals surface area (Å²) in [4.78, 5) is 0. The van der Waals surface area contributed by atoms with Gasteiger partial charge in [-0.3, -0.25) is 0 Å². The van der Waals surface area contributed by atoms with Crippen LogP contribution in [0.1, 0.15) is 13.3 Å². The Morgan fingerprint density at radius 2 is 1.33 bits per heavy atom. The second kappa shape index (κ2) is 6.81. The van der Waals surface area contributed by atoms with E-state index in [-0.39, 0.29) is 0 Å². The molecule has 0 fully saturated rings. The fourth-order valence-corrected chi connectivity index (χ4v) is 13.3. The van der Waals surface area contributed by atoms with Crippen LogP contribution in [0.5, 0.6) is 0 Å². The summed E-state index contributed by atoms with van der Waals surface area (Å²) in [7, 11) is -2.78. The van der Waals surface area contributed by atoms with E-state index in [1.54, 1.807) is 7.11 Å².